The average Bonchev–Trinajstić information content (AvgIpc) is 2.68. The van der Waals surface area contributed by atoms with Crippen molar-refractivity contribution in [3.63, 3.8) is 0 Å². The van der Waals surface area contributed by atoms with Gasteiger partial charge in [-0.25, -0.2) is 0 Å². The minimum Gasteiger partial charge on any atom is -0.369 e. The Hall–Kier alpha value is -2.40. The summed E-state index contributed by atoms with van der Waals surface area (Å²) in [5, 5.41) is 2.21. The van der Waals surface area contributed by atoms with Gasteiger partial charge in [0.15, 0.2) is 6.04 Å². The molecule has 0 saturated carbocycles. The van der Waals surface area contributed by atoms with Gasteiger partial charge in [-0.3, -0.25) is 9.59 Å². The number of likely N-dealkylation sites (N-methyl/N-ethyl adjacent to an activating group) is 1. The van der Waals surface area contributed by atoms with Gasteiger partial charge in [-0.15, -0.1) is 0 Å². The summed E-state index contributed by atoms with van der Waals surface area (Å²) in [6.45, 7) is 6.14. The summed E-state index contributed by atoms with van der Waals surface area (Å²) in [5.74, 6) is -0.270. The SMILES string of the molecule is CCN(C(=O)[C@H](C)[NH+]1CCC[C@H](C(N)=O)C1)c1cccc2ccccc12. The maximum atomic E-state index is 13.3. The molecule has 3 atom stereocenters. The number of nitrogens with two attached hydrogens (primary N) is 1. The molecule has 3 rings (SSSR count). The second-order valence-corrected chi connectivity index (χ2v) is 7.16. The minimum atomic E-state index is -0.247. The lowest BCUT2D eigenvalue weighted by atomic mass is 9.96. The van der Waals surface area contributed by atoms with Crippen molar-refractivity contribution in [1.29, 1.82) is 0 Å². The Bertz CT molecular complexity index is 799. The third-order valence-electron chi connectivity index (χ3n) is 5.58. The first-order valence-corrected chi connectivity index (χ1v) is 9.46. The fourth-order valence-corrected chi connectivity index (χ4v) is 4.03. The van der Waals surface area contributed by atoms with E-state index in [1.165, 1.54) is 0 Å². The normalized spacial score (nSPS) is 21.3. The Morgan fingerprint density at radius 1 is 1.23 bits per heavy atom. The molecule has 0 aromatic heterocycles. The molecule has 3 N–H and O–H groups in total. The zero-order chi connectivity index (χ0) is 18.7. The second kappa shape index (κ2) is 7.87. The molecule has 0 radical (unpaired) electrons. The van der Waals surface area contributed by atoms with E-state index in [9.17, 15) is 9.59 Å². The molecular formula is C21H28N3O2+. The lowest BCUT2D eigenvalue weighted by Crippen LogP contribution is -3.18. The maximum absolute atomic E-state index is 13.3. The van der Waals surface area contributed by atoms with Gasteiger partial charge in [0.2, 0.25) is 5.91 Å². The Labute approximate surface area is 154 Å². The van der Waals surface area contributed by atoms with E-state index in [0.29, 0.717) is 13.1 Å². The Morgan fingerprint density at radius 2 is 1.96 bits per heavy atom. The topological polar surface area (TPSA) is 67.8 Å². The Kier molecular flexibility index (Phi) is 5.57. The third-order valence-corrected chi connectivity index (χ3v) is 5.58. The van der Waals surface area contributed by atoms with Crippen molar-refractivity contribution in [1.82, 2.24) is 0 Å². The number of amides is 2. The Morgan fingerprint density at radius 3 is 2.69 bits per heavy atom. The van der Waals surface area contributed by atoms with Crippen LogP contribution in [0.2, 0.25) is 0 Å². The van der Waals surface area contributed by atoms with Crippen LogP contribution in [-0.2, 0) is 9.59 Å². The molecular weight excluding hydrogens is 326 g/mol. The number of rotatable bonds is 5. The van der Waals surface area contributed by atoms with Crippen molar-refractivity contribution < 1.29 is 14.5 Å². The van der Waals surface area contributed by atoms with E-state index in [1.807, 2.05) is 43.0 Å². The Balaban J connectivity index is 1.85. The zero-order valence-corrected chi connectivity index (χ0v) is 15.6. The van der Waals surface area contributed by atoms with E-state index in [4.69, 9.17) is 5.73 Å². The van der Waals surface area contributed by atoms with Crippen molar-refractivity contribution in [2.24, 2.45) is 11.7 Å². The molecule has 5 nitrogen and oxygen atoms in total. The number of nitrogens with one attached hydrogen (secondary N) is 1. The highest BCUT2D eigenvalue weighted by Crippen LogP contribution is 2.27. The van der Waals surface area contributed by atoms with Gasteiger partial charge in [0.1, 0.15) is 0 Å². The molecule has 2 aromatic carbocycles. The van der Waals surface area contributed by atoms with E-state index in [0.717, 1.165) is 40.7 Å². The molecule has 138 valence electrons. The van der Waals surface area contributed by atoms with Crippen LogP contribution in [0, 0.1) is 5.92 Å². The average molecular weight is 354 g/mol. The van der Waals surface area contributed by atoms with Crippen molar-refractivity contribution >= 4 is 28.3 Å². The maximum Gasteiger partial charge on any atom is 0.284 e. The van der Waals surface area contributed by atoms with Crippen LogP contribution < -0.4 is 15.5 Å². The highest BCUT2D eigenvalue weighted by Gasteiger charge is 2.35. The molecule has 1 saturated heterocycles. The molecule has 5 heteroatoms. The number of piperidine rings is 1. The molecule has 1 heterocycles. The van der Waals surface area contributed by atoms with Crippen LogP contribution in [0.4, 0.5) is 5.69 Å². The van der Waals surface area contributed by atoms with Gasteiger partial charge in [-0.2, -0.15) is 0 Å². The van der Waals surface area contributed by atoms with Crippen molar-refractivity contribution in [3.05, 3.63) is 42.5 Å². The number of nitrogens with zero attached hydrogens (tertiary/aromatic N) is 1. The first kappa shape index (κ1) is 18.4. The molecule has 1 aliphatic heterocycles. The number of carbonyl (C=O) groups excluding carboxylic acids is 2. The zero-order valence-electron chi connectivity index (χ0n) is 15.6. The fourth-order valence-electron chi connectivity index (χ4n) is 4.03. The highest BCUT2D eigenvalue weighted by atomic mass is 16.2. The van der Waals surface area contributed by atoms with Gasteiger partial charge < -0.3 is 15.5 Å². The first-order chi connectivity index (χ1) is 12.5. The molecule has 1 aliphatic rings. The predicted octanol–water partition coefficient (Wildman–Crippen LogP) is 1.36. The predicted molar refractivity (Wildman–Crippen MR) is 104 cm³/mol. The summed E-state index contributed by atoms with van der Waals surface area (Å²) in [6.07, 6.45) is 1.77. The summed E-state index contributed by atoms with van der Waals surface area (Å²) in [7, 11) is 0. The van der Waals surface area contributed by atoms with E-state index in [2.05, 4.69) is 18.2 Å². The van der Waals surface area contributed by atoms with Gasteiger partial charge in [-0.1, -0.05) is 36.4 Å². The summed E-state index contributed by atoms with van der Waals surface area (Å²) in [5.41, 5.74) is 6.45. The number of hydrogen-bond acceptors (Lipinski definition) is 2. The van der Waals surface area contributed by atoms with Gasteiger partial charge in [0.25, 0.3) is 5.91 Å². The van der Waals surface area contributed by atoms with Crippen molar-refractivity contribution in [2.75, 3.05) is 24.5 Å². The van der Waals surface area contributed by atoms with E-state index >= 15 is 0 Å². The fraction of sp³-hybridized carbons (Fsp3) is 0.429. The number of hydrogen-bond donors (Lipinski definition) is 2. The number of quaternary nitrogens is 1. The molecule has 26 heavy (non-hydrogen) atoms. The van der Waals surface area contributed by atoms with Crippen LogP contribution in [0.5, 0.6) is 0 Å². The van der Waals surface area contributed by atoms with Crippen LogP contribution in [0.1, 0.15) is 26.7 Å². The third kappa shape index (κ3) is 3.58. The number of fused-ring (bicyclic) bond motifs is 1. The van der Waals surface area contributed by atoms with Gasteiger partial charge >= 0.3 is 0 Å². The van der Waals surface area contributed by atoms with Crippen LogP contribution in [0.15, 0.2) is 42.5 Å². The largest absolute Gasteiger partial charge is 0.369 e. The summed E-state index contributed by atoms with van der Waals surface area (Å²) < 4.78 is 0. The summed E-state index contributed by atoms with van der Waals surface area (Å²) in [6, 6.07) is 14.0. The quantitative estimate of drug-likeness (QED) is 0.851. The number of primary amides is 1. The van der Waals surface area contributed by atoms with Gasteiger partial charge in [0.05, 0.1) is 24.7 Å². The number of benzene rings is 2. The number of likely N-dealkylation sites (tertiary alicyclic amines) is 1. The molecule has 1 fully saturated rings. The van der Waals surface area contributed by atoms with Crippen LogP contribution >= 0.6 is 0 Å². The summed E-state index contributed by atoms with van der Waals surface area (Å²) in [4.78, 5) is 27.9. The number of carbonyl (C=O) groups is 2. The second-order valence-electron chi connectivity index (χ2n) is 7.16. The molecule has 0 spiro atoms. The first-order valence-electron chi connectivity index (χ1n) is 9.46. The molecule has 0 aliphatic carbocycles. The van der Waals surface area contributed by atoms with Crippen LogP contribution in [-0.4, -0.2) is 37.5 Å². The van der Waals surface area contributed by atoms with E-state index in [-0.39, 0.29) is 23.8 Å². The minimum absolute atomic E-state index is 0.101. The lowest BCUT2D eigenvalue weighted by molar-refractivity contribution is -0.921. The molecule has 0 bridgehead atoms. The van der Waals surface area contributed by atoms with E-state index < -0.39 is 0 Å². The monoisotopic (exact) mass is 354 g/mol. The molecule has 2 aromatic rings. The van der Waals surface area contributed by atoms with Crippen molar-refractivity contribution in [2.45, 2.75) is 32.7 Å². The van der Waals surface area contributed by atoms with Gasteiger partial charge in [-0.05, 0) is 38.1 Å². The molecule has 2 amide bonds. The highest BCUT2D eigenvalue weighted by molar-refractivity contribution is 6.04. The molecule has 1 unspecified atom stereocenters. The standard InChI is InChI=1S/C21H27N3O2/c1-3-24(19-12-6-9-16-8-4-5-11-18(16)19)21(26)15(2)23-13-7-10-17(14-23)20(22)25/h4-6,8-9,11-12,15,17H,3,7,10,13-14H2,1-2H3,(H2,22,25)/p+1/t15-,17-/m0/s1. The van der Waals surface area contributed by atoms with Gasteiger partial charge in [0, 0.05) is 11.9 Å². The number of anilines is 1. The van der Waals surface area contributed by atoms with Crippen LogP contribution in [0.25, 0.3) is 10.8 Å². The lowest BCUT2D eigenvalue weighted by Gasteiger charge is -2.34. The van der Waals surface area contributed by atoms with Crippen molar-refractivity contribution in [3.8, 4) is 0 Å². The smallest absolute Gasteiger partial charge is 0.284 e. The van der Waals surface area contributed by atoms with Crippen LogP contribution in [0.3, 0.4) is 0 Å². The summed E-state index contributed by atoms with van der Waals surface area (Å²) >= 11 is 0. The van der Waals surface area contributed by atoms with E-state index in [1.54, 1.807) is 0 Å².